The summed E-state index contributed by atoms with van der Waals surface area (Å²) < 4.78 is 0. The van der Waals surface area contributed by atoms with E-state index in [0.717, 1.165) is 23.5 Å². The van der Waals surface area contributed by atoms with E-state index in [1.165, 1.54) is 0 Å². The minimum Gasteiger partial charge on any atom is -0.361 e. The molecule has 2 aromatic heterocycles. The summed E-state index contributed by atoms with van der Waals surface area (Å²) in [7, 11) is 0. The van der Waals surface area contributed by atoms with E-state index in [1.807, 2.05) is 24.4 Å². The van der Waals surface area contributed by atoms with Crippen LogP contribution in [0.3, 0.4) is 0 Å². The van der Waals surface area contributed by atoms with E-state index >= 15 is 0 Å². The van der Waals surface area contributed by atoms with Crippen molar-refractivity contribution in [1.29, 1.82) is 0 Å². The molecule has 4 aromatic rings. The average molecular weight is 319 g/mol. The molecule has 118 valence electrons. The number of aromatic amines is 2. The second-order valence-electron chi connectivity index (χ2n) is 5.02. The third-order valence-electron chi connectivity index (χ3n) is 3.64. The van der Waals surface area contributed by atoms with Crippen molar-refractivity contribution in [3.63, 3.8) is 0 Å². The van der Waals surface area contributed by atoms with Gasteiger partial charge in [0.05, 0.1) is 5.52 Å². The fraction of sp³-hybridized carbons (Fsp3) is 0. The fourth-order valence-electron chi connectivity index (χ4n) is 2.47. The summed E-state index contributed by atoms with van der Waals surface area (Å²) in [5.74, 6) is 0. The Morgan fingerprint density at radius 2 is 1.58 bits per heavy atom. The molecule has 0 bridgehead atoms. The highest BCUT2D eigenvalue weighted by Gasteiger charge is 2.06. The molecule has 0 radical (unpaired) electrons. The number of carbonyl (C=O) groups excluding carboxylic acids is 3. The number of nitrogens with one attached hydrogen (secondary N) is 2. The molecule has 24 heavy (non-hydrogen) atoms. The summed E-state index contributed by atoms with van der Waals surface area (Å²) >= 11 is 0. The van der Waals surface area contributed by atoms with Crippen molar-refractivity contribution in [1.82, 2.24) is 15.2 Å². The lowest BCUT2D eigenvalue weighted by atomic mass is 10.1. The highest BCUT2D eigenvalue weighted by molar-refractivity contribution is 6.02. The van der Waals surface area contributed by atoms with Crippen LogP contribution in [-0.2, 0) is 0 Å². The first kappa shape index (κ1) is 15.4. The van der Waals surface area contributed by atoms with Crippen LogP contribution in [0.2, 0.25) is 0 Å². The number of aromatic nitrogens is 3. The number of para-hydroxylation sites is 2. The lowest BCUT2D eigenvalue weighted by Crippen LogP contribution is -1.81. The van der Waals surface area contributed by atoms with E-state index in [9.17, 15) is 14.4 Å². The van der Waals surface area contributed by atoms with Crippen LogP contribution < -0.4 is 0 Å². The summed E-state index contributed by atoms with van der Waals surface area (Å²) in [4.78, 5) is 34.6. The van der Waals surface area contributed by atoms with E-state index in [1.54, 1.807) is 24.3 Å². The summed E-state index contributed by atoms with van der Waals surface area (Å²) in [5, 5.41) is 8.19. The zero-order chi connectivity index (χ0) is 16.9. The lowest BCUT2D eigenvalue weighted by Gasteiger charge is -1.91. The maximum Gasteiger partial charge on any atom is 0.168 e. The molecule has 4 rings (SSSR count). The van der Waals surface area contributed by atoms with Gasteiger partial charge in [-0.3, -0.25) is 19.5 Å². The largest absolute Gasteiger partial charge is 0.361 e. The molecule has 0 unspecified atom stereocenters. The van der Waals surface area contributed by atoms with Crippen molar-refractivity contribution in [3.05, 3.63) is 65.5 Å². The third kappa shape index (κ3) is 2.72. The second kappa shape index (κ2) is 6.70. The van der Waals surface area contributed by atoms with Gasteiger partial charge in [-0.2, -0.15) is 5.10 Å². The van der Waals surface area contributed by atoms with Gasteiger partial charge in [-0.05, 0) is 18.2 Å². The Morgan fingerprint density at radius 3 is 2.33 bits per heavy atom. The molecule has 0 atom stereocenters. The van der Waals surface area contributed by atoms with Gasteiger partial charge in [-0.15, -0.1) is 0 Å². The SMILES string of the molecule is O=Cc1[nH]nc2c(C=O)cccc12.O=Cc1cccc2cc[nH]c12. The van der Waals surface area contributed by atoms with Gasteiger partial charge in [0.2, 0.25) is 0 Å². The summed E-state index contributed by atoms with van der Waals surface area (Å²) in [6.07, 6.45) is 4.10. The van der Waals surface area contributed by atoms with Crippen LogP contribution in [0.25, 0.3) is 21.8 Å². The molecular formula is C18H13N3O3. The van der Waals surface area contributed by atoms with Gasteiger partial charge in [0, 0.05) is 28.1 Å². The van der Waals surface area contributed by atoms with Crippen LogP contribution in [-0.4, -0.2) is 34.0 Å². The Morgan fingerprint density at radius 1 is 0.833 bits per heavy atom. The summed E-state index contributed by atoms with van der Waals surface area (Å²) in [6, 6.07) is 12.7. The van der Waals surface area contributed by atoms with Gasteiger partial charge in [-0.25, -0.2) is 0 Å². The quantitative estimate of drug-likeness (QED) is 0.567. The molecule has 6 nitrogen and oxygen atoms in total. The number of rotatable bonds is 3. The van der Waals surface area contributed by atoms with Gasteiger partial charge >= 0.3 is 0 Å². The van der Waals surface area contributed by atoms with Crippen LogP contribution in [0.4, 0.5) is 0 Å². The Kier molecular flexibility index (Phi) is 4.29. The zero-order valence-corrected chi connectivity index (χ0v) is 12.5. The topological polar surface area (TPSA) is 95.7 Å². The average Bonchev–Trinajstić information content (AvgIpc) is 3.28. The van der Waals surface area contributed by atoms with E-state index < -0.39 is 0 Å². The molecule has 2 N–H and O–H groups in total. The lowest BCUT2D eigenvalue weighted by molar-refractivity contribution is 0.111. The zero-order valence-electron chi connectivity index (χ0n) is 12.5. The van der Waals surface area contributed by atoms with Gasteiger partial charge in [0.15, 0.2) is 18.9 Å². The number of carbonyl (C=O) groups is 3. The third-order valence-corrected chi connectivity index (χ3v) is 3.64. The number of nitrogens with zero attached hydrogens (tertiary/aromatic N) is 1. The highest BCUT2D eigenvalue weighted by atomic mass is 16.1. The van der Waals surface area contributed by atoms with Crippen LogP contribution >= 0.6 is 0 Å². The van der Waals surface area contributed by atoms with Crippen LogP contribution in [0, 0.1) is 0 Å². The number of benzene rings is 2. The first-order valence-electron chi connectivity index (χ1n) is 7.17. The van der Waals surface area contributed by atoms with Crippen molar-refractivity contribution < 1.29 is 14.4 Å². The van der Waals surface area contributed by atoms with Crippen molar-refractivity contribution in [2.75, 3.05) is 0 Å². The monoisotopic (exact) mass is 319 g/mol. The first-order valence-corrected chi connectivity index (χ1v) is 7.17. The van der Waals surface area contributed by atoms with Gasteiger partial charge < -0.3 is 4.98 Å². The van der Waals surface area contributed by atoms with Crippen molar-refractivity contribution in [2.45, 2.75) is 0 Å². The summed E-state index contributed by atoms with van der Waals surface area (Å²) in [6.45, 7) is 0. The van der Waals surface area contributed by atoms with E-state index in [-0.39, 0.29) is 0 Å². The molecule has 0 amide bonds. The standard InChI is InChI=1S/C9H6N2O2.C9H7NO/c12-4-6-2-1-3-7-8(5-13)10-11-9(6)7;11-6-8-3-1-2-7-4-5-10-9(7)8/h1-5H,(H,10,11);1-6,10H. The molecule has 0 saturated carbocycles. The molecule has 0 aliphatic heterocycles. The Labute approximate surface area is 136 Å². The second-order valence-corrected chi connectivity index (χ2v) is 5.02. The smallest absolute Gasteiger partial charge is 0.168 e. The molecule has 2 aromatic carbocycles. The Bertz CT molecular complexity index is 1030. The maximum absolute atomic E-state index is 10.6. The van der Waals surface area contributed by atoms with E-state index in [2.05, 4.69) is 15.2 Å². The molecule has 0 aliphatic carbocycles. The van der Waals surface area contributed by atoms with Crippen LogP contribution in [0.1, 0.15) is 31.2 Å². The Hall–Kier alpha value is -3.54. The first-order chi connectivity index (χ1) is 11.8. The van der Waals surface area contributed by atoms with Crippen molar-refractivity contribution in [3.8, 4) is 0 Å². The molecule has 0 saturated heterocycles. The number of hydrogen-bond acceptors (Lipinski definition) is 4. The molecule has 0 spiro atoms. The number of aldehydes is 3. The van der Waals surface area contributed by atoms with Crippen molar-refractivity contribution >= 4 is 40.7 Å². The number of hydrogen-bond donors (Lipinski definition) is 2. The molecule has 6 heteroatoms. The molecular weight excluding hydrogens is 306 g/mol. The number of fused-ring (bicyclic) bond motifs is 2. The van der Waals surface area contributed by atoms with Crippen molar-refractivity contribution in [2.24, 2.45) is 0 Å². The number of H-pyrrole nitrogens is 2. The Balaban J connectivity index is 0.000000143. The minimum atomic E-state index is 0.402. The maximum atomic E-state index is 10.6. The van der Waals surface area contributed by atoms with E-state index in [4.69, 9.17) is 0 Å². The molecule has 0 fully saturated rings. The van der Waals surface area contributed by atoms with Crippen LogP contribution in [0.15, 0.2) is 48.7 Å². The predicted molar refractivity (Wildman–Crippen MR) is 90.6 cm³/mol. The minimum absolute atomic E-state index is 0.402. The van der Waals surface area contributed by atoms with Gasteiger partial charge in [0.25, 0.3) is 0 Å². The molecule has 2 heterocycles. The van der Waals surface area contributed by atoms with Crippen LogP contribution in [0.5, 0.6) is 0 Å². The summed E-state index contributed by atoms with van der Waals surface area (Å²) in [5.41, 5.74) is 3.06. The highest BCUT2D eigenvalue weighted by Crippen LogP contribution is 2.17. The molecule has 0 aliphatic rings. The predicted octanol–water partition coefficient (Wildman–Crippen LogP) is 3.17. The fourth-order valence-corrected chi connectivity index (χ4v) is 2.47. The van der Waals surface area contributed by atoms with E-state index in [0.29, 0.717) is 34.0 Å². The van der Waals surface area contributed by atoms with Gasteiger partial charge in [0.1, 0.15) is 11.2 Å². The van der Waals surface area contributed by atoms with Gasteiger partial charge in [-0.1, -0.05) is 24.3 Å². The normalized spacial score (nSPS) is 10.2.